The lowest BCUT2D eigenvalue weighted by Crippen LogP contribution is -2.48. The second-order valence-corrected chi connectivity index (χ2v) is 12.5. The van der Waals surface area contributed by atoms with Gasteiger partial charge in [-0.1, -0.05) is 38.3 Å². The second-order valence-electron chi connectivity index (χ2n) is 11.7. The van der Waals surface area contributed by atoms with Crippen LogP contribution in [0.25, 0.3) is 10.1 Å². The van der Waals surface area contributed by atoms with E-state index in [2.05, 4.69) is 41.0 Å². The predicted molar refractivity (Wildman–Crippen MR) is 145 cm³/mol. The molecule has 3 heterocycles. The fourth-order valence-corrected chi connectivity index (χ4v) is 8.42. The van der Waals surface area contributed by atoms with Crippen LogP contribution < -0.4 is 4.90 Å². The Balaban J connectivity index is 1.05. The van der Waals surface area contributed by atoms with Crippen molar-refractivity contribution in [2.45, 2.75) is 58.3 Å². The highest BCUT2D eigenvalue weighted by atomic mass is 32.1. The van der Waals surface area contributed by atoms with Gasteiger partial charge in [-0.2, -0.15) is 4.37 Å². The normalized spacial score (nSPS) is 29.0. The van der Waals surface area contributed by atoms with Crippen molar-refractivity contribution in [1.29, 1.82) is 0 Å². The first-order valence-electron chi connectivity index (χ1n) is 14.3. The van der Waals surface area contributed by atoms with Gasteiger partial charge in [-0.15, -0.1) is 0 Å². The summed E-state index contributed by atoms with van der Waals surface area (Å²) >= 11 is 1.59. The minimum atomic E-state index is 0.0182. The van der Waals surface area contributed by atoms with Gasteiger partial charge >= 0.3 is 0 Å². The number of benzene rings is 1. The maximum Gasteiger partial charge on any atom is 0.233 e. The molecule has 2 aliphatic heterocycles. The van der Waals surface area contributed by atoms with Crippen LogP contribution in [-0.4, -0.2) is 65.3 Å². The molecule has 2 saturated heterocycles. The number of nitrogens with zero attached hydrogens (tertiary/aromatic N) is 4. The Kier molecular flexibility index (Phi) is 7.04. The van der Waals surface area contributed by atoms with Gasteiger partial charge in [-0.05, 0) is 73.5 Å². The van der Waals surface area contributed by atoms with Gasteiger partial charge in [0.05, 0.1) is 16.5 Å². The first-order chi connectivity index (χ1) is 17.6. The van der Waals surface area contributed by atoms with Crippen LogP contribution in [0.5, 0.6) is 0 Å². The molecule has 4 aliphatic rings. The van der Waals surface area contributed by atoms with E-state index in [9.17, 15) is 9.59 Å². The maximum absolute atomic E-state index is 13.2. The zero-order chi connectivity index (χ0) is 24.6. The number of imide groups is 1. The highest BCUT2D eigenvalue weighted by Gasteiger charge is 2.60. The average Bonchev–Trinajstić information content (AvgIpc) is 3.67. The highest BCUT2D eigenvalue weighted by molar-refractivity contribution is 7.13. The number of carbonyl (C=O) groups excluding carboxylic acids is 2. The number of unbranched alkanes of at least 4 members (excludes halogenated alkanes) is 2. The fraction of sp³-hybridized carbons (Fsp3) is 0.690. The van der Waals surface area contributed by atoms with Crippen molar-refractivity contribution < 1.29 is 9.59 Å². The van der Waals surface area contributed by atoms with Crippen LogP contribution >= 0.6 is 11.5 Å². The van der Waals surface area contributed by atoms with Crippen LogP contribution in [0.1, 0.15) is 58.3 Å². The van der Waals surface area contributed by atoms with Crippen LogP contribution in [0.2, 0.25) is 0 Å². The molecule has 0 N–H and O–H groups in total. The SMILES string of the molecule is CCCCC[C@H](CCN1C(=O)[C@@H]2[C@H]3CC[C@H](C3)[C@@H]2C1=O)CN1CCN(c2nsc3ccccc23)CC1. The van der Waals surface area contributed by atoms with E-state index in [0.717, 1.165) is 64.2 Å². The minimum Gasteiger partial charge on any atom is -0.353 e. The van der Waals surface area contributed by atoms with Gasteiger partial charge < -0.3 is 4.90 Å². The van der Waals surface area contributed by atoms with Gasteiger partial charge in [0.1, 0.15) is 5.82 Å². The molecule has 2 aliphatic carbocycles. The molecule has 7 heteroatoms. The topological polar surface area (TPSA) is 56.8 Å². The standard InChI is InChI=1S/C29H40N4O2S/c1-2-3-4-7-20(12-13-33-28(34)25-21-10-11-22(18-21)26(25)29(33)35)19-31-14-16-32(17-15-31)27-23-8-5-6-9-24(23)36-30-27/h5-6,8-9,20-22,25-26H,2-4,7,10-19H2,1H3/t20-,21-,22+,25+,26-/m1/s1. The van der Waals surface area contributed by atoms with E-state index in [1.165, 1.54) is 35.8 Å². The van der Waals surface area contributed by atoms with Crippen molar-refractivity contribution in [2.24, 2.45) is 29.6 Å². The van der Waals surface area contributed by atoms with Crippen LogP contribution in [0.15, 0.2) is 24.3 Å². The molecule has 2 bridgehead atoms. The number of likely N-dealkylation sites (tertiary alicyclic amines) is 1. The summed E-state index contributed by atoms with van der Waals surface area (Å²) in [6, 6.07) is 8.53. The lowest BCUT2D eigenvalue weighted by molar-refractivity contribution is -0.141. The summed E-state index contributed by atoms with van der Waals surface area (Å²) in [5, 5.41) is 1.27. The Bertz CT molecular complexity index is 1070. The summed E-state index contributed by atoms with van der Waals surface area (Å²) < 4.78 is 6.02. The molecule has 1 aromatic heterocycles. The van der Waals surface area contributed by atoms with E-state index in [4.69, 9.17) is 4.37 Å². The number of amides is 2. The molecule has 4 fully saturated rings. The van der Waals surface area contributed by atoms with Gasteiger partial charge in [-0.25, -0.2) is 0 Å². The first kappa shape index (κ1) is 24.4. The van der Waals surface area contributed by atoms with Gasteiger partial charge in [0, 0.05) is 44.7 Å². The van der Waals surface area contributed by atoms with E-state index >= 15 is 0 Å². The molecule has 1 aromatic carbocycles. The van der Waals surface area contributed by atoms with Gasteiger partial charge in [0.25, 0.3) is 0 Å². The molecule has 6 nitrogen and oxygen atoms in total. The molecular weight excluding hydrogens is 468 g/mol. The van der Waals surface area contributed by atoms with Crippen LogP contribution in [0.3, 0.4) is 0 Å². The number of aromatic nitrogens is 1. The number of anilines is 1. The van der Waals surface area contributed by atoms with E-state index in [1.54, 1.807) is 16.4 Å². The second kappa shape index (κ2) is 10.4. The quantitative estimate of drug-likeness (QED) is 0.333. The molecule has 0 spiro atoms. The molecule has 0 unspecified atom stereocenters. The van der Waals surface area contributed by atoms with Crippen molar-refractivity contribution in [3.05, 3.63) is 24.3 Å². The number of hydrogen-bond donors (Lipinski definition) is 0. The number of carbonyl (C=O) groups is 2. The highest BCUT2D eigenvalue weighted by Crippen LogP contribution is 2.56. The lowest BCUT2D eigenvalue weighted by atomic mass is 9.81. The van der Waals surface area contributed by atoms with E-state index < -0.39 is 0 Å². The number of hydrogen-bond acceptors (Lipinski definition) is 6. The number of piperazine rings is 1. The van der Waals surface area contributed by atoms with Gasteiger partial charge in [-0.3, -0.25) is 19.4 Å². The van der Waals surface area contributed by atoms with Crippen molar-refractivity contribution in [2.75, 3.05) is 44.2 Å². The zero-order valence-electron chi connectivity index (χ0n) is 21.6. The third-order valence-electron chi connectivity index (χ3n) is 9.54. The predicted octanol–water partition coefficient (Wildman–Crippen LogP) is 5.04. The Morgan fingerprint density at radius 3 is 2.42 bits per heavy atom. The Morgan fingerprint density at radius 1 is 0.972 bits per heavy atom. The van der Waals surface area contributed by atoms with Crippen molar-refractivity contribution >= 4 is 39.3 Å². The fourth-order valence-electron chi connectivity index (χ4n) is 7.62. The molecule has 0 radical (unpaired) electrons. The Labute approximate surface area is 219 Å². The molecule has 36 heavy (non-hydrogen) atoms. The Morgan fingerprint density at radius 2 is 1.69 bits per heavy atom. The average molecular weight is 509 g/mol. The number of fused-ring (bicyclic) bond motifs is 6. The summed E-state index contributed by atoms with van der Waals surface area (Å²) in [7, 11) is 0. The van der Waals surface area contributed by atoms with Gasteiger partial charge in [0.2, 0.25) is 11.8 Å². The summed E-state index contributed by atoms with van der Waals surface area (Å²) in [5.41, 5.74) is 0. The van der Waals surface area contributed by atoms with Crippen molar-refractivity contribution in [3.63, 3.8) is 0 Å². The third-order valence-corrected chi connectivity index (χ3v) is 10.4. The van der Waals surface area contributed by atoms with Crippen LogP contribution in [-0.2, 0) is 9.59 Å². The van der Waals surface area contributed by atoms with Crippen molar-refractivity contribution in [3.8, 4) is 0 Å². The Hall–Kier alpha value is -1.99. The molecule has 6 rings (SSSR count). The molecule has 2 amide bonds. The maximum atomic E-state index is 13.2. The largest absolute Gasteiger partial charge is 0.353 e. The smallest absolute Gasteiger partial charge is 0.233 e. The lowest BCUT2D eigenvalue weighted by Gasteiger charge is -2.37. The van der Waals surface area contributed by atoms with Crippen molar-refractivity contribution in [1.82, 2.24) is 14.2 Å². The molecular formula is C29H40N4O2S. The van der Waals surface area contributed by atoms with Gasteiger partial charge in [0.15, 0.2) is 0 Å². The summed E-state index contributed by atoms with van der Waals surface area (Å²) in [6.07, 6.45) is 9.29. The molecule has 2 saturated carbocycles. The monoisotopic (exact) mass is 508 g/mol. The minimum absolute atomic E-state index is 0.0182. The van der Waals surface area contributed by atoms with E-state index in [1.807, 2.05) is 0 Å². The van der Waals surface area contributed by atoms with Crippen LogP contribution in [0, 0.1) is 29.6 Å². The summed E-state index contributed by atoms with van der Waals surface area (Å²) in [6.45, 7) is 8.06. The third kappa shape index (κ3) is 4.47. The van der Waals surface area contributed by atoms with E-state index in [0.29, 0.717) is 24.3 Å². The van der Waals surface area contributed by atoms with E-state index in [-0.39, 0.29) is 23.7 Å². The molecule has 2 aromatic rings. The zero-order valence-corrected chi connectivity index (χ0v) is 22.4. The number of rotatable bonds is 10. The molecule has 194 valence electrons. The van der Waals surface area contributed by atoms with Crippen LogP contribution in [0.4, 0.5) is 5.82 Å². The first-order valence-corrected chi connectivity index (χ1v) is 15.1. The summed E-state index contributed by atoms with van der Waals surface area (Å²) in [4.78, 5) is 33.1. The molecule has 5 atom stereocenters. The summed E-state index contributed by atoms with van der Waals surface area (Å²) in [5.74, 6) is 3.00.